The molecule has 0 aliphatic rings. The zero-order valence-electron chi connectivity index (χ0n) is 16.7. The predicted molar refractivity (Wildman–Crippen MR) is 117 cm³/mol. The summed E-state index contributed by atoms with van der Waals surface area (Å²) in [7, 11) is 0. The fourth-order valence-corrected chi connectivity index (χ4v) is 3.98. The van der Waals surface area contributed by atoms with E-state index in [1.165, 1.54) is 35.2 Å². The van der Waals surface area contributed by atoms with Gasteiger partial charge in [0, 0.05) is 18.0 Å². The summed E-state index contributed by atoms with van der Waals surface area (Å²) in [6, 6.07) is 11.3. The van der Waals surface area contributed by atoms with Gasteiger partial charge >= 0.3 is 0 Å². The number of carbonyl (C=O) groups excluding carboxylic acids is 2. The van der Waals surface area contributed by atoms with E-state index in [4.69, 9.17) is 16.0 Å². The molecule has 162 valence electrons. The van der Waals surface area contributed by atoms with E-state index in [1.807, 2.05) is 0 Å². The Kier molecular flexibility index (Phi) is 5.65. The summed E-state index contributed by atoms with van der Waals surface area (Å²) in [5.41, 5.74) is 12.9. The van der Waals surface area contributed by atoms with Crippen LogP contribution in [0.25, 0.3) is 11.4 Å². The molecule has 4 N–H and O–H groups in total. The van der Waals surface area contributed by atoms with Crippen molar-refractivity contribution in [2.45, 2.75) is 13.0 Å². The van der Waals surface area contributed by atoms with E-state index >= 15 is 0 Å². The van der Waals surface area contributed by atoms with Crippen LogP contribution in [0.3, 0.4) is 0 Å². The van der Waals surface area contributed by atoms with Crippen molar-refractivity contribution >= 4 is 39.7 Å². The van der Waals surface area contributed by atoms with Gasteiger partial charge in [0.1, 0.15) is 28.2 Å². The van der Waals surface area contributed by atoms with Gasteiger partial charge in [0.25, 0.3) is 0 Å². The number of benzene rings is 1. The second kappa shape index (κ2) is 8.55. The summed E-state index contributed by atoms with van der Waals surface area (Å²) in [5.74, 6) is -1.68. The van der Waals surface area contributed by atoms with E-state index < -0.39 is 23.5 Å². The molecular formula is C21H17FN6O3S. The van der Waals surface area contributed by atoms with Gasteiger partial charge in [0.05, 0.1) is 5.69 Å². The maximum Gasteiger partial charge on any atom is 0.244 e. The number of nitrogens with two attached hydrogens (primary N) is 2. The second-order valence-electron chi connectivity index (χ2n) is 6.76. The van der Waals surface area contributed by atoms with Crippen LogP contribution in [0.15, 0.2) is 59.3 Å². The van der Waals surface area contributed by atoms with Crippen molar-refractivity contribution < 1.29 is 18.5 Å². The molecule has 1 atom stereocenters. The van der Waals surface area contributed by atoms with Crippen LogP contribution in [-0.2, 0) is 4.79 Å². The average Bonchev–Trinajstić information content (AvgIpc) is 3.43. The lowest BCUT2D eigenvalue weighted by molar-refractivity contribution is -0.118. The minimum atomic E-state index is -0.838. The Morgan fingerprint density at radius 3 is 2.56 bits per heavy atom. The third-order valence-electron chi connectivity index (χ3n) is 4.62. The first kappa shape index (κ1) is 21.1. The van der Waals surface area contributed by atoms with Crippen LogP contribution in [0, 0.1) is 5.82 Å². The number of halogens is 1. The summed E-state index contributed by atoms with van der Waals surface area (Å²) in [6.07, 6.45) is 1.60. The van der Waals surface area contributed by atoms with Gasteiger partial charge in [-0.05, 0) is 43.3 Å². The fourth-order valence-electron chi connectivity index (χ4n) is 2.94. The molecule has 0 aliphatic carbocycles. The molecule has 1 aromatic carbocycles. The van der Waals surface area contributed by atoms with Crippen molar-refractivity contribution in [3.05, 3.63) is 71.2 Å². The second-order valence-corrected chi connectivity index (χ2v) is 7.73. The van der Waals surface area contributed by atoms with E-state index in [0.29, 0.717) is 17.1 Å². The number of primary amides is 1. The number of nitrogen functional groups attached to an aromatic ring is 1. The molecule has 32 heavy (non-hydrogen) atoms. The Morgan fingerprint density at radius 1 is 1.16 bits per heavy atom. The zero-order chi connectivity index (χ0) is 22.8. The molecule has 1 amide bonds. The minimum Gasteiger partial charge on any atom is -0.382 e. The first-order chi connectivity index (χ1) is 15.3. The first-order valence-corrected chi connectivity index (χ1v) is 10.2. The van der Waals surface area contributed by atoms with Crippen molar-refractivity contribution in [3.8, 4) is 11.4 Å². The molecule has 0 saturated heterocycles. The van der Waals surface area contributed by atoms with E-state index in [9.17, 15) is 14.0 Å². The lowest BCUT2D eigenvalue weighted by atomic mass is 10.2. The number of pyridine rings is 1. The van der Waals surface area contributed by atoms with Crippen LogP contribution in [0.4, 0.5) is 21.0 Å². The van der Waals surface area contributed by atoms with Gasteiger partial charge in [0.2, 0.25) is 17.5 Å². The van der Waals surface area contributed by atoms with Crippen molar-refractivity contribution in [1.82, 2.24) is 15.1 Å². The molecule has 9 nitrogen and oxygen atoms in total. The van der Waals surface area contributed by atoms with E-state index in [2.05, 4.69) is 15.1 Å². The summed E-state index contributed by atoms with van der Waals surface area (Å²) in [4.78, 5) is 34.9. The predicted octanol–water partition coefficient (Wildman–Crippen LogP) is 3.16. The molecule has 11 heteroatoms. The summed E-state index contributed by atoms with van der Waals surface area (Å²) in [6.45, 7) is 1.57. The van der Waals surface area contributed by atoms with Crippen LogP contribution in [0.2, 0.25) is 0 Å². The van der Waals surface area contributed by atoms with Crippen molar-refractivity contribution in [3.63, 3.8) is 0 Å². The third kappa shape index (κ3) is 4.05. The van der Waals surface area contributed by atoms with E-state index in [0.717, 1.165) is 11.3 Å². The molecule has 0 bridgehead atoms. The molecular weight excluding hydrogens is 435 g/mol. The van der Waals surface area contributed by atoms with E-state index in [-0.39, 0.29) is 21.6 Å². The standard InChI is InChI=1S/C21H17FN6O3S/c1-11(20(24)30)28(13-7-5-12(22)6-8-13)21-26-19(23)18(32-21)17(29)16-10-15(27-31-16)14-4-2-3-9-25-14/h2-11H,23H2,1H3,(H2,24,30). The fraction of sp³-hybridized carbons (Fsp3) is 0.0952. The summed E-state index contributed by atoms with van der Waals surface area (Å²) in [5, 5.41) is 4.13. The average molecular weight is 452 g/mol. The van der Waals surface area contributed by atoms with Crippen LogP contribution < -0.4 is 16.4 Å². The topological polar surface area (TPSA) is 141 Å². The number of hydrogen-bond donors (Lipinski definition) is 2. The highest BCUT2D eigenvalue weighted by Gasteiger charge is 2.28. The Hall–Kier alpha value is -4.12. The molecule has 1 unspecified atom stereocenters. The number of aromatic nitrogens is 3. The number of thiazole rings is 1. The Balaban J connectivity index is 1.69. The van der Waals surface area contributed by atoms with Crippen LogP contribution in [-0.4, -0.2) is 32.9 Å². The largest absolute Gasteiger partial charge is 0.382 e. The Labute approximate surface area is 185 Å². The number of hydrogen-bond acceptors (Lipinski definition) is 9. The van der Waals surface area contributed by atoms with Gasteiger partial charge in [-0.3, -0.25) is 14.6 Å². The minimum absolute atomic E-state index is 0.0381. The van der Waals surface area contributed by atoms with Crippen molar-refractivity contribution in [2.24, 2.45) is 5.73 Å². The smallest absolute Gasteiger partial charge is 0.244 e. The Morgan fingerprint density at radius 2 is 1.91 bits per heavy atom. The van der Waals surface area contributed by atoms with Crippen molar-refractivity contribution in [2.75, 3.05) is 10.6 Å². The molecule has 3 aromatic heterocycles. The van der Waals surface area contributed by atoms with Gasteiger partial charge in [-0.1, -0.05) is 22.6 Å². The number of carbonyl (C=O) groups is 2. The maximum atomic E-state index is 13.4. The lowest BCUT2D eigenvalue weighted by Crippen LogP contribution is -2.39. The number of rotatable bonds is 7. The molecule has 0 saturated carbocycles. The van der Waals surface area contributed by atoms with Crippen LogP contribution >= 0.6 is 11.3 Å². The maximum absolute atomic E-state index is 13.4. The number of amides is 1. The molecule has 0 radical (unpaired) electrons. The Bertz CT molecular complexity index is 1270. The van der Waals surface area contributed by atoms with Gasteiger partial charge in [0.15, 0.2) is 5.13 Å². The SMILES string of the molecule is CC(C(N)=O)N(c1ccc(F)cc1)c1nc(N)c(C(=O)c2cc(-c3ccccn3)no2)s1. The molecule has 4 aromatic rings. The molecule has 0 spiro atoms. The highest BCUT2D eigenvalue weighted by molar-refractivity contribution is 7.18. The van der Waals surface area contributed by atoms with Gasteiger partial charge in [-0.25, -0.2) is 9.37 Å². The molecule has 3 heterocycles. The van der Waals surface area contributed by atoms with Gasteiger partial charge < -0.3 is 20.9 Å². The molecule has 4 rings (SSSR count). The number of nitrogens with zero attached hydrogens (tertiary/aromatic N) is 4. The van der Waals surface area contributed by atoms with Gasteiger partial charge in [-0.2, -0.15) is 0 Å². The van der Waals surface area contributed by atoms with E-state index in [1.54, 1.807) is 31.3 Å². The summed E-state index contributed by atoms with van der Waals surface area (Å²) >= 11 is 0.956. The number of ketones is 1. The quantitative estimate of drug-likeness (QED) is 0.407. The third-order valence-corrected chi connectivity index (χ3v) is 5.69. The number of anilines is 3. The highest BCUT2D eigenvalue weighted by atomic mass is 32.1. The summed E-state index contributed by atoms with van der Waals surface area (Å²) < 4.78 is 18.6. The normalized spacial score (nSPS) is 11.8. The van der Waals surface area contributed by atoms with Crippen molar-refractivity contribution in [1.29, 1.82) is 0 Å². The highest BCUT2D eigenvalue weighted by Crippen LogP contribution is 2.36. The first-order valence-electron chi connectivity index (χ1n) is 9.38. The monoisotopic (exact) mass is 452 g/mol. The van der Waals surface area contributed by atoms with Crippen LogP contribution in [0.1, 0.15) is 22.4 Å². The lowest BCUT2D eigenvalue weighted by Gasteiger charge is -2.26. The molecule has 0 fully saturated rings. The molecule has 0 aliphatic heterocycles. The zero-order valence-corrected chi connectivity index (χ0v) is 17.5. The van der Waals surface area contributed by atoms with Crippen LogP contribution in [0.5, 0.6) is 0 Å². The van der Waals surface area contributed by atoms with Gasteiger partial charge in [-0.15, -0.1) is 0 Å².